The third-order valence-electron chi connectivity index (χ3n) is 2.93. The normalized spacial score (nSPS) is 12.1. The van der Waals surface area contributed by atoms with E-state index in [0.29, 0.717) is 12.3 Å². The van der Waals surface area contributed by atoms with Crippen LogP contribution in [0.5, 0.6) is 11.5 Å². The maximum Gasteiger partial charge on any atom is 0.231 e. The molecule has 4 N–H and O–H groups in total. The Balaban J connectivity index is 2.12. The monoisotopic (exact) mass is 263 g/mol. The van der Waals surface area contributed by atoms with Crippen LogP contribution in [0.4, 0.5) is 0 Å². The van der Waals surface area contributed by atoms with Gasteiger partial charge in [0.05, 0.1) is 0 Å². The first-order valence-corrected chi connectivity index (χ1v) is 5.75. The zero-order chi connectivity index (χ0) is 14.0. The Labute approximate surface area is 111 Å². The quantitative estimate of drug-likeness (QED) is 0.536. The topological polar surface area (TPSA) is 98.7 Å². The number of hydrogen-bond acceptors (Lipinski definition) is 4. The van der Waals surface area contributed by atoms with E-state index in [1.54, 1.807) is 19.0 Å². The number of nitrogens with zero attached hydrogens (tertiary/aromatic N) is 2. The van der Waals surface area contributed by atoms with Gasteiger partial charge in [-0.1, -0.05) is 12.1 Å². The third kappa shape index (κ3) is 2.54. The number of hydrogen-bond donors (Lipinski definition) is 3. The molecule has 0 saturated heterocycles. The molecule has 0 saturated carbocycles. The van der Waals surface area contributed by atoms with Crippen molar-refractivity contribution in [2.24, 2.45) is 5.73 Å². The lowest BCUT2D eigenvalue weighted by atomic mass is 10.2. The molecular weight excluding hydrogens is 246 g/mol. The molecule has 2 rings (SSSR count). The molecule has 0 unspecified atom stereocenters. The van der Waals surface area contributed by atoms with Crippen LogP contribution < -0.4 is 15.2 Å². The van der Waals surface area contributed by atoms with Gasteiger partial charge in [0.25, 0.3) is 0 Å². The molecule has 7 heteroatoms. The van der Waals surface area contributed by atoms with Gasteiger partial charge in [0.2, 0.25) is 6.79 Å². The first-order valence-electron chi connectivity index (χ1n) is 5.75. The van der Waals surface area contributed by atoms with E-state index in [2.05, 4.69) is 0 Å². The zero-order valence-corrected chi connectivity index (χ0v) is 10.9. The van der Waals surface area contributed by atoms with Crippen LogP contribution >= 0.6 is 0 Å². The van der Waals surface area contributed by atoms with E-state index in [1.165, 1.54) is 4.90 Å². The summed E-state index contributed by atoms with van der Waals surface area (Å²) in [6.07, 6.45) is 0. The SMILES string of the molecule is CN(Cc1cccc2c1OCO2)C(=N)N(C)C(=N)N. The summed E-state index contributed by atoms with van der Waals surface area (Å²) in [5.41, 5.74) is 6.29. The van der Waals surface area contributed by atoms with E-state index in [4.69, 9.17) is 26.0 Å². The minimum Gasteiger partial charge on any atom is -0.454 e. The molecule has 0 spiro atoms. The van der Waals surface area contributed by atoms with Crippen LogP contribution in [0.3, 0.4) is 0 Å². The summed E-state index contributed by atoms with van der Waals surface area (Å²) in [5.74, 6) is 1.41. The number of para-hydroxylation sites is 1. The molecule has 0 atom stereocenters. The predicted octanol–water partition coefficient (Wildman–Crippen LogP) is 0.607. The summed E-state index contributed by atoms with van der Waals surface area (Å²) >= 11 is 0. The molecule has 0 aliphatic carbocycles. The van der Waals surface area contributed by atoms with Crippen LogP contribution in [-0.2, 0) is 6.54 Å². The maximum absolute atomic E-state index is 7.94. The first-order chi connectivity index (χ1) is 9.00. The number of rotatable bonds is 2. The first kappa shape index (κ1) is 13.0. The number of ether oxygens (including phenoxy) is 2. The zero-order valence-electron chi connectivity index (χ0n) is 10.9. The Kier molecular flexibility index (Phi) is 3.46. The minimum atomic E-state index is -0.172. The van der Waals surface area contributed by atoms with Crippen LogP contribution in [0.25, 0.3) is 0 Å². The molecule has 0 amide bonds. The van der Waals surface area contributed by atoms with Crippen molar-refractivity contribution >= 4 is 11.9 Å². The van der Waals surface area contributed by atoms with Gasteiger partial charge in [-0.25, -0.2) is 0 Å². The third-order valence-corrected chi connectivity index (χ3v) is 2.93. The highest BCUT2D eigenvalue weighted by molar-refractivity contribution is 5.94. The molecule has 0 fully saturated rings. The molecule has 0 aromatic heterocycles. The highest BCUT2D eigenvalue weighted by Crippen LogP contribution is 2.35. The molecule has 19 heavy (non-hydrogen) atoms. The standard InChI is InChI=1S/C12H17N5O2/c1-16(12(15)17(2)11(13)14)6-8-4-3-5-9-10(8)19-7-18-9/h3-5,15H,6-7H2,1-2H3,(H3,13,14). The molecule has 0 radical (unpaired) electrons. The second-order valence-corrected chi connectivity index (χ2v) is 4.27. The van der Waals surface area contributed by atoms with Gasteiger partial charge in [-0.05, 0) is 6.07 Å². The van der Waals surface area contributed by atoms with Crippen molar-refractivity contribution in [1.29, 1.82) is 10.8 Å². The highest BCUT2D eigenvalue weighted by atomic mass is 16.7. The van der Waals surface area contributed by atoms with Gasteiger partial charge in [0, 0.05) is 26.2 Å². The van der Waals surface area contributed by atoms with Gasteiger partial charge in [0.1, 0.15) is 0 Å². The Bertz CT molecular complexity index is 517. The molecule has 1 aromatic rings. The van der Waals surface area contributed by atoms with E-state index >= 15 is 0 Å². The van der Waals surface area contributed by atoms with Crippen LogP contribution in [0, 0.1) is 10.8 Å². The van der Waals surface area contributed by atoms with Crippen molar-refractivity contribution < 1.29 is 9.47 Å². The number of benzene rings is 1. The lowest BCUT2D eigenvalue weighted by molar-refractivity contribution is 0.173. The number of guanidine groups is 2. The summed E-state index contributed by atoms with van der Waals surface area (Å²) in [6.45, 7) is 0.698. The average molecular weight is 263 g/mol. The lowest BCUT2D eigenvalue weighted by Crippen LogP contribution is -2.45. The number of fused-ring (bicyclic) bond motifs is 1. The van der Waals surface area contributed by atoms with Gasteiger partial charge >= 0.3 is 0 Å². The molecule has 7 nitrogen and oxygen atoms in total. The molecular formula is C12H17N5O2. The largest absolute Gasteiger partial charge is 0.454 e. The van der Waals surface area contributed by atoms with Gasteiger partial charge < -0.3 is 20.1 Å². The van der Waals surface area contributed by atoms with Crippen molar-refractivity contribution in [2.75, 3.05) is 20.9 Å². The van der Waals surface area contributed by atoms with Gasteiger partial charge in [-0.3, -0.25) is 15.7 Å². The van der Waals surface area contributed by atoms with E-state index in [0.717, 1.165) is 11.3 Å². The van der Waals surface area contributed by atoms with Crippen molar-refractivity contribution in [3.05, 3.63) is 23.8 Å². The highest BCUT2D eigenvalue weighted by Gasteiger charge is 2.20. The number of nitrogens with one attached hydrogen (secondary N) is 2. The minimum absolute atomic E-state index is 0.143. The van der Waals surface area contributed by atoms with Crippen molar-refractivity contribution in [1.82, 2.24) is 9.80 Å². The summed E-state index contributed by atoms with van der Waals surface area (Å²) in [4.78, 5) is 2.97. The molecule has 1 aromatic carbocycles. The second kappa shape index (κ2) is 5.05. The van der Waals surface area contributed by atoms with Crippen molar-refractivity contribution in [2.45, 2.75) is 6.54 Å². The molecule has 0 bridgehead atoms. The van der Waals surface area contributed by atoms with Crippen molar-refractivity contribution in [3.63, 3.8) is 0 Å². The summed E-state index contributed by atoms with van der Waals surface area (Å²) in [6, 6.07) is 5.65. The molecule has 1 aliphatic heterocycles. The number of nitrogens with two attached hydrogens (primary N) is 1. The van der Waals surface area contributed by atoms with E-state index in [9.17, 15) is 0 Å². The van der Waals surface area contributed by atoms with Crippen LogP contribution in [-0.4, -0.2) is 42.6 Å². The molecule has 1 aliphatic rings. The Morgan fingerprint density at radius 1 is 1.32 bits per heavy atom. The summed E-state index contributed by atoms with van der Waals surface area (Å²) in [7, 11) is 3.34. The summed E-state index contributed by atoms with van der Waals surface area (Å²) < 4.78 is 10.7. The van der Waals surface area contributed by atoms with Crippen molar-refractivity contribution in [3.8, 4) is 11.5 Å². The lowest BCUT2D eigenvalue weighted by Gasteiger charge is -2.26. The van der Waals surface area contributed by atoms with Crippen LogP contribution in [0.15, 0.2) is 18.2 Å². The van der Waals surface area contributed by atoms with Gasteiger partial charge in [-0.15, -0.1) is 0 Å². The average Bonchev–Trinajstić information content (AvgIpc) is 2.86. The fourth-order valence-electron chi connectivity index (χ4n) is 1.82. The van der Waals surface area contributed by atoms with Crippen LogP contribution in [0.2, 0.25) is 0 Å². The predicted molar refractivity (Wildman–Crippen MR) is 71.4 cm³/mol. The van der Waals surface area contributed by atoms with Crippen LogP contribution in [0.1, 0.15) is 5.56 Å². The fraction of sp³-hybridized carbons (Fsp3) is 0.333. The Morgan fingerprint density at radius 3 is 2.74 bits per heavy atom. The molecule has 1 heterocycles. The van der Waals surface area contributed by atoms with E-state index in [1.807, 2.05) is 18.2 Å². The van der Waals surface area contributed by atoms with Gasteiger partial charge in [0.15, 0.2) is 23.4 Å². The maximum atomic E-state index is 7.94. The second-order valence-electron chi connectivity index (χ2n) is 4.27. The Morgan fingerprint density at radius 2 is 2.05 bits per heavy atom. The smallest absolute Gasteiger partial charge is 0.231 e. The Hall–Kier alpha value is -2.44. The molecule has 102 valence electrons. The summed E-state index contributed by atoms with van der Waals surface area (Å²) in [5, 5.41) is 15.3. The van der Waals surface area contributed by atoms with E-state index in [-0.39, 0.29) is 18.7 Å². The van der Waals surface area contributed by atoms with E-state index < -0.39 is 0 Å². The van der Waals surface area contributed by atoms with Gasteiger partial charge in [-0.2, -0.15) is 0 Å². The fourth-order valence-corrected chi connectivity index (χ4v) is 1.82.